The molecule has 0 bridgehead atoms. The van der Waals surface area contributed by atoms with E-state index in [1.165, 1.54) is 0 Å². The smallest absolute Gasteiger partial charge is 0.258 e. The lowest BCUT2D eigenvalue weighted by molar-refractivity contribution is -0.385. The van der Waals surface area contributed by atoms with Crippen molar-refractivity contribution in [2.75, 3.05) is 0 Å². The Kier molecular flexibility index (Phi) is 4.28. The van der Waals surface area contributed by atoms with E-state index < -0.39 is 0 Å². The van der Waals surface area contributed by atoms with E-state index in [4.69, 9.17) is 0 Å². The molecule has 1 rings (SSSR count). The van der Waals surface area contributed by atoms with Crippen LogP contribution in [0.15, 0.2) is 18.2 Å². The molecule has 3 heteroatoms. The summed E-state index contributed by atoms with van der Waals surface area (Å²) >= 11 is 0. The van der Waals surface area contributed by atoms with Crippen LogP contribution in [0.3, 0.4) is 0 Å². The predicted octanol–water partition coefficient (Wildman–Crippen LogP) is 3.50. The minimum Gasteiger partial charge on any atom is -0.258 e. The van der Waals surface area contributed by atoms with Crippen LogP contribution in [0.25, 0.3) is 0 Å². The molecule has 0 aliphatic rings. The highest BCUT2D eigenvalue weighted by Gasteiger charge is 2.12. The van der Waals surface area contributed by atoms with Crippen LogP contribution in [0.2, 0.25) is 0 Å². The summed E-state index contributed by atoms with van der Waals surface area (Å²) in [7, 11) is 0. The maximum Gasteiger partial charge on any atom is 0.272 e. The molecule has 0 fully saturated rings. The molecule has 0 aliphatic heterocycles. The fraction of sp³-hybridized carbons (Fsp3) is 0.500. The van der Waals surface area contributed by atoms with Crippen molar-refractivity contribution in [1.82, 2.24) is 0 Å². The first-order chi connectivity index (χ1) is 7.19. The van der Waals surface area contributed by atoms with Gasteiger partial charge in [0.2, 0.25) is 0 Å². The minimum atomic E-state index is -0.283. The molecule has 0 unspecified atom stereocenters. The van der Waals surface area contributed by atoms with Gasteiger partial charge >= 0.3 is 0 Å². The molecule has 3 nitrogen and oxygen atoms in total. The maximum atomic E-state index is 10.8. The Morgan fingerprint density at radius 1 is 1.33 bits per heavy atom. The van der Waals surface area contributed by atoms with Crippen molar-refractivity contribution in [2.45, 2.75) is 39.5 Å². The second-order valence-corrected chi connectivity index (χ2v) is 3.68. The van der Waals surface area contributed by atoms with Gasteiger partial charge in [0.05, 0.1) is 4.92 Å². The van der Waals surface area contributed by atoms with Gasteiger partial charge in [-0.2, -0.15) is 0 Å². The molecule has 0 aliphatic carbocycles. The molecule has 0 saturated heterocycles. The van der Waals surface area contributed by atoms with Crippen LogP contribution in [0, 0.1) is 10.1 Å². The molecule has 0 heterocycles. The molecule has 0 aromatic heterocycles. The van der Waals surface area contributed by atoms with E-state index >= 15 is 0 Å². The summed E-state index contributed by atoms with van der Waals surface area (Å²) in [5, 5.41) is 10.8. The van der Waals surface area contributed by atoms with Crippen molar-refractivity contribution in [3.8, 4) is 0 Å². The van der Waals surface area contributed by atoms with Crippen LogP contribution in [-0.2, 0) is 12.8 Å². The number of aryl methyl sites for hydroxylation is 2. The Hall–Kier alpha value is -1.38. The molecule has 0 radical (unpaired) electrons. The van der Waals surface area contributed by atoms with Crippen LogP contribution in [0.4, 0.5) is 5.69 Å². The standard InChI is InChI=1S/C12H17NO2/c1-3-5-6-10-7-8-11(4-2)12(9-10)13(14)15/h7-9H,3-6H2,1-2H3. The third kappa shape index (κ3) is 3.05. The van der Waals surface area contributed by atoms with Gasteiger partial charge in [-0.25, -0.2) is 0 Å². The zero-order chi connectivity index (χ0) is 11.3. The first-order valence-corrected chi connectivity index (χ1v) is 5.45. The van der Waals surface area contributed by atoms with Gasteiger partial charge in [0.1, 0.15) is 0 Å². The first-order valence-electron chi connectivity index (χ1n) is 5.45. The molecule has 0 N–H and O–H groups in total. The Bertz CT molecular complexity index is 347. The monoisotopic (exact) mass is 207 g/mol. The number of nitrogens with zero attached hydrogens (tertiary/aromatic N) is 1. The molecule has 82 valence electrons. The number of benzene rings is 1. The highest BCUT2D eigenvalue weighted by atomic mass is 16.6. The third-order valence-corrected chi connectivity index (χ3v) is 2.55. The molecule has 1 aromatic rings. The normalized spacial score (nSPS) is 10.3. The van der Waals surface area contributed by atoms with E-state index in [0.717, 1.165) is 30.4 Å². The molecule has 0 amide bonds. The fourth-order valence-electron chi connectivity index (χ4n) is 1.61. The lowest BCUT2D eigenvalue weighted by Crippen LogP contribution is -1.96. The summed E-state index contributed by atoms with van der Waals surface area (Å²) < 4.78 is 0. The Labute approximate surface area is 90.3 Å². The van der Waals surface area contributed by atoms with Gasteiger partial charge < -0.3 is 0 Å². The number of unbranched alkanes of at least 4 members (excludes halogenated alkanes) is 1. The van der Waals surface area contributed by atoms with Gasteiger partial charge in [-0.05, 0) is 24.8 Å². The average molecular weight is 207 g/mol. The molecular formula is C12H17NO2. The summed E-state index contributed by atoms with van der Waals surface area (Å²) in [6.45, 7) is 4.06. The van der Waals surface area contributed by atoms with E-state index in [-0.39, 0.29) is 10.6 Å². The molecule has 1 aromatic carbocycles. The quantitative estimate of drug-likeness (QED) is 0.547. The third-order valence-electron chi connectivity index (χ3n) is 2.55. The summed E-state index contributed by atoms with van der Waals surface area (Å²) in [5.74, 6) is 0. The van der Waals surface area contributed by atoms with Crippen LogP contribution < -0.4 is 0 Å². The molecule has 15 heavy (non-hydrogen) atoms. The van der Waals surface area contributed by atoms with Crippen LogP contribution in [-0.4, -0.2) is 4.92 Å². The predicted molar refractivity (Wildman–Crippen MR) is 61.1 cm³/mol. The maximum absolute atomic E-state index is 10.8. The molecule has 0 atom stereocenters. The summed E-state index contributed by atoms with van der Waals surface area (Å²) in [6.07, 6.45) is 3.84. The summed E-state index contributed by atoms with van der Waals surface area (Å²) in [4.78, 5) is 10.5. The van der Waals surface area contributed by atoms with Crippen LogP contribution in [0.1, 0.15) is 37.8 Å². The van der Waals surface area contributed by atoms with Crippen LogP contribution >= 0.6 is 0 Å². The SMILES string of the molecule is CCCCc1ccc(CC)c([N+](=O)[O-])c1. The van der Waals surface area contributed by atoms with Crippen molar-refractivity contribution in [2.24, 2.45) is 0 Å². The van der Waals surface area contributed by atoms with Gasteiger partial charge in [-0.15, -0.1) is 0 Å². The minimum absolute atomic E-state index is 0.270. The van der Waals surface area contributed by atoms with E-state index in [0.29, 0.717) is 6.42 Å². The van der Waals surface area contributed by atoms with Crippen molar-refractivity contribution in [3.05, 3.63) is 39.4 Å². The largest absolute Gasteiger partial charge is 0.272 e. The van der Waals surface area contributed by atoms with Gasteiger partial charge in [0.25, 0.3) is 5.69 Å². The lowest BCUT2D eigenvalue weighted by Gasteiger charge is -2.03. The fourth-order valence-corrected chi connectivity index (χ4v) is 1.61. The van der Waals surface area contributed by atoms with Crippen molar-refractivity contribution >= 4 is 5.69 Å². The molecule has 0 saturated carbocycles. The highest BCUT2D eigenvalue weighted by molar-refractivity contribution is 5.43. The number of hydrogen-bond donors (Lipinski definition) is 0. The van der Waals surface area contributed by atoms with Gasteiger partial charge in [-0.3, -0.25) is 10.1 Å². The van der Waals surface area contributed by atoms with Crippen molar-refractivity contribution in [3.63, 3.8) is 0 Å². The van der Waals surface area contributed by atoms with Crippen molar-refractivity contribution in [1.29, 1.82) is 0 Å². The average Bonchev–Trinajstić information content (AvgIpc) is 2.25. The second-order valence-electron chi connectivity index (χ2n) is 3.68. The summed E-state index contributed by atoms with van der Waals surface area (Å²) in [6, 6.07) is 5.60. The van der Waals surface area contributed by atoms with Gasteiger partial charge in [0, 0.05) is 11.6 Å². The molecule has 0 spiro atoms. The zero-order valence-electron chi connectivity index (χ0n) is 9.32. The van der Waals surface area contributed by atoms with Gasteiger partial charge in [-0.1, -0.05) is 32.4 Å². The second kappa shape index (κ2) is 5.49. The topological polar surface area (TPSA) is 43.1 Å². The van der Waals surface area contributed by atoms with Crippen LogP contribution in [0.5, 0.6) is 0 Å². The number of nitro benzene ring substituents is 1. The van der Waals surface area contributed by atoms with Gasteiger partial charge in [0.15, 0.2) is 0 Å². The molecular weight excluding hydrogens is 190 g/mol. The van der Waals surface area contributed by atoms with E-state index in [1.54, 1.807) is 6.07 Å². The first kappa shape index (κ1) is 11.7. The Morgan fingerprint density at radius 2 is 2.07 bits per heavy atom. The number of rotatable bonds is 5. The van der Waals surface area contributed by atoms with E-state index in [2.05, 4.69) is 6.92 Å². The van der Waals surface area contributed by atoms with Crippen molar-refractivity contribution < 1.29 is 4.92 Å². The number of nitro groups is 1. The number of hydrogen-bond acceptors (Lipinski definition) is 2. The summed E-state index contributed by atoms with van der Waals surface area (Å²) in [5.41, 5.74) is 2.16. The Balaban J connectivity index is 2.94. The van der Waals surface area contributed by atoms with E-state index in [1.807, 2.05) is 19.1 Å². The van der Waals surface area contributed by atoms with E-state index in [9.17, 15) is 10.1 Å². The highest BCUT2D eigenvalue weighted by Crippen LogP contribution is 2.21. The Morgan fingerprint density at radius 3 is 2.60 bits per heavy atom. The zero-order valence-corrected chi connectivity index (χ0v) is 9.32. The lowest BCUT2D eigenvalue weighted by atomic mass is 10.0.